The van der Waals surface area contributed by atoms with Gasteiger partial charge in [0.2, 0.25) is 0 Å². The molecule has 1 aliphatic rings. The molecule has 2 nitrogen and oxygen atoms in total. The molecule has 0 aromatic carbocycles. The van der Waals surface area contributed by atoms with Crippen molar-refractivity contribution in [1.29, 1.82) is 0 Å². The summed E-state index contributed by atoms with van der Waals surface area (Å²) in [4.78, 5) is 11.4. The highest BCUT2D eigenvalue weighted by atomic mass is 16.5. The minimum atomic E-state index is 0.0350. The Balaban J connectivity index is 2.53. The summed E-state index contributed by atoms with van der Waals surface area (Å²) in [5.41, 5.74) is 0. The van der Waals surface area contributed by atoms with Crippen LogP contribution in [0.5, 0.6) is 0 Å². The van der Waals surface area contributed by atoms with Gasteiger partial charge in [0, 0.05) is 0 Å². The summed E-state index contributed by atoms with van der Waals surface area (Å²) >= 11 is 0. The van der Waals surface area contributed by atoms with E-state index in [4.69, 9.17) is 4.74 Å². The van der Waals surface area contributed by atoms with E-state index in [1.165, 1.54) is 0 Å². The van der Waals surface area contributed by atoms with Crippen LogP contribution in [0.15, 0.2) is 0 Å². The van der Waals surface area contributed by atoms with Crippen LogP contribution in [0.2, 0.25) is 0 Å². The van der Waals surface area contributed by atoms with Gasteiger partial charge in [-0.2, -0.15) is 0 Å². The van der Waals surface area contributed by atoms with Gasteiger partial charge in [0.15, 0.2) is 0 Å². The monoisotopic (exact) mass is 184 g/mol. The first-order chi connectivity index (χ1) is 6.19. The van der Waals surface area contributed by atoms with Crippen molar-refractivity contribution in [2.45, 2.75) is 52.6 Å². The van der Waals surface area contributed by atoms with Crippen molar-refractivity contribution in [1.82, 2.24) is 0 Å². The van der Waals surface area contributed by atoms with Gasteiger partial charge in [-0.25, -0.2) is 0 Å². The Labute approximate surface area is 80.7 Å². The summed E-state index contributed by atoms with van der Waals surface area (Å²) in [5, 5.41) is 0. The van der Waals surface area contributed by atoms with Crippen LogP contribution in [0.1, 0.15) is 46.5 Å². The van der Waals surface area contributed by atoms with Crippen molar-refractivity contribution >= 4 is 5.97 Å². The number of rotatable bonds is 4. The van der Waals surface area contributed by atoms with Crippen molar-refractivity contribution in [3.8, 4) is 0 Å². The molecular formula is C11H20O2. The molecule has 1 rings (SSSR count). The molecule has 1 heterocycles. The zero-order chi connectivity index (χ0) is 9.84. The van der Waals surface area contributed by atoms with E-state index in [9.17, 15) is 4.79 Å². The second kappa shape index (κ2) is 4.64. The number of hydrogen-bond acceptors (Lipinski definition) is 2. The van der Waals surface area contributed by atoms with E-state index >= 15 is 0 Å². The first-order valence-electron chi connectivity index (χ1n) is 5.39. The Morgan fingerprint density at radius 2 is 2.23 bits per heavy atom. The molecular weight excluding hydrogens is 164 g/mol. The lowest BCUT2D eigenvalue weighted by Crippen LogP contribution is -2.18. The van der Waals surface area contributed by atoms with Gasteiger partial charge >= 0.3 is 5.97 Å². The summed E-state index contributed by atoms with van der Waals surface area (Å²) < 4.78 is 5.16. The van der Waals surface area contributed by atoms with E-state index in [1.807, 2.05) is 6.92 Å². The lowest BCUT2D eigenvalue weighted by atomic mass is 9.84. The molecule has 0 N–H and O–H groups in total. The normalized spacial score (nSPS) is 30.2. The Morgan fingerprint density at radius 3 is 2.62 bits per heavy atom. The number of carbonyl (C=O) groups excluding carboxylic acids is 1. The van der Waals surface area contributed by atoms with E-state index in [-0.39, 0.29) is 18.0 Å². The molecule has 0 aliphatic carbocycles. The smallest absolute Gasteiger partial charge is 0.309 e. The predicted molar refractivity (Wildman–Crippen MR) is 52.4 cm³/mol. The summed E-state index contributed by atoms with van der Waals surface area (Å²) in [7, 11) is 0. The number of ether oxygens (including phenoxy) is 1. The fraction of sp³-hybridized carbons (Fsp3) is 0.909. The lowest BCUT2D eigenvalue weighted by Gasteiger charge is -2.17. The average molecular weight is 184 g/mol. The van der Waals surface area contributed by atoms with Gasteiger partial charge in [-0.1, -0.05) is 26.7 Å². The van der Waals surface area contributed by atoms with Crippen LogP contribution in [0.4, 0.5) is 0 Å². The van der Waals surface area contributed by atoms with E-state index in [0.717, 1.165) is 25.7 Å². The van der Waals surface area contributed by atoms with Crippen molar-refractivity contribution < 1.29 is 9.53 Å². The third kappa shape index (κ3) is 2.45. The maximum atomic E-state index is 11.4. The maximum absolute atomic E-state index is 11.4. The SMILES string of the molecule is CCCC(CC)C1CC(C)OC1=O. The number of esters is 1. The van der Waals surface area contributed by atoms with E-state index in [2.05, 4.69) is 13.8 Å². The first kappa shape index (κ1) is 10.6. The van der Waals surface area contributed by atoms with Crippen molar-refractivity contribution in [2.75, 3.05) is 0 Å². The third-order valence-electron chi connectivity index (χ3n) is 2.96. The average Bonchev–Trinajstić information content (AvgIpc) is 2.41. The van der Waals surface area contributed by atoms with Crippen LogP contribution in [0, 0.1) is 11.8 Å². The molecule has 0 bridgehead atoms. The fourth-order valence-electron chi connectivity index (χ4n) is 2.23. The first-order valence-corrected chi connectivity index (χ1v) is 5.39. The van der Waals surface area contributed by atoms with Crippen LogP contribution >= 0.6 is 0 Å². The highest BCUT2D eigenvalue weighted by Gasteiger charge is 2.36. The maximum Gasteiger partial charge on any atom is 0.309 e. The second-order valence-electron chi connectivity index (χ2n) is 4.05. The highest BCUT2D eigenvalue weighted by molar-refractivity contribution is 5.74. The summed E-state index contributed by atoms with van der Waals surface area (Å²) in [6.45, 7) is 6.32. The molecule has 0 aromatic rings. The molecule has 0 aromatic heterocycles. The van der Waals surface area contributed by atoms with E-state index in [1.54, 1.807) is 0 Å². The number of hydrogen-bond donors (Lipinski definition) is 0. The van der Waals surface area contributed by atoms with Gasteiger partial charge in [-0.15, -0.1) is 0 Å². The highest BCUT2D eigenvalue weighted by Crippen LogP contribution is 2.32. The van der Waals surface area contributed by atoms with Crippen molar-refractivity contribution in [3.63, 3.8) is 0 Å². The molecule has 1 saturated heterocycles. The van der Waals surface area contributed by atoms with Gasteiger partial charge in [0.1, 0.15) is 0 Å². The molecule has 3 atom stereocenters. The van der Waals surface area contributed by atoms with Crippen LogP contribution < -0.4 is 0 Å². The number of carbonyl (C=O) groups is 1. The molecule has 0 radical (unpaired) electrons. The largest absolute Gasteiger partial charge is 0.462 e. The Kier molecular flexibility index (Phi) is 3.76. The minimum Gasteiger partial charge on any atom is -0.462 e. The zero-order valence-electron chi connectivity index (χ0n) is 8.88. The Morgan fingerprint density at radius 1 is 1.54 bits per heavy atom. The Hall–Kier alpha value is -0.530. The van der Waals surface area contributed by atoms with Crippen molar-refractivity contribution in [2.24, 2.45) is 11.8 Å². The van der Waals surface area contributed by atoms with Gasteiger partial charge in [0.05, 0.1) is 12.0 Å². The fourth-order valence-corrected chi connectivity index (χ4v) is 2.23. The van der Waals surface area contributed by atoms with Gasteiger partial charge in [0.25, 0.3) is 0 Å². The molecule has 76 valence electrons. The minimum absolute atomic E-state index is 0.0350. The summed E-state index contributed by atoms with van der Waals surface area (Å²) in [5.74, 6) is 0.759. The topological polar surface area (TPSA) is 26.3 Å². The van der Waals surface area contributed by atoms with Crippen LogP contribution in [-0.2, 0) is 9.53 Å². The van der Waals surface area contributed by atoms with Gasteiger partial charge in [-0.05, 0) is 25.7 Å². The van der Waals surface area contributed by atoms with Crippen LogP contribution in [0.25, 0.3) is 0 Å². The van der Waals surface area contributed by atoms with Crippen LogP contribution in [0.3, 0.4) is 0 Å². The second-order valence-corrected chi connectivity index (χ2v) is 4.05. The van der Waals surface area contributed by atoms with E-state index < -0.39 is 0 Å². The Bertz CT molecular complexity index is 177. The molecule has 0 spiro atoms. The molecule has 13 heavy (non-hydrogen) atoms. The molecule has 1 fully saturated rings. The quantitative estimate of drug-likeness (QED) is 0.628. The van der Waals surface area contributed by atoms with Gasteiger partial charge < -0.3 is 4.74 Å². The van der Waals surface area contributed by atoms with Gasteiger partial charge in [-0.3, -0.25) is 4.79 Å². The molecule has 3 unspecified atom stereocenters. The predicted octanol–water partition coefficient (Wildman–Crippen LogP) is 2.76. The summed E-state index contributed by atoms with van der Waals surface area (Å²) in [6, 6.07) is 0. The van der Waals surface area contributed by atoms with Crippen molar-refractivity contribution in [3.05, 3.63) is 0 Å². The summed E-state index contributed by atoms with van der Waals surface area (Å²) in [6.07, 6.45) is 4.49. The third-order valence-corrected chi connectivity index (χ3v) is 2.96. The molecule has 0 saturated carbocycles. The molecule has 2 heteroatoms. The van der Waals surface area contributed by atoms with E-state index in [0.29, 0.717) is 5.92 Å². The number of cyclic esters (lactones) is 1. The zero-order valence-corrected chi connectivity index (χ0v) is 8.88. The molecule has 1 aliphatic heterocycles. The molecule has 0 amide bonds. The standard InChI is InChI=1S/C11H20O2/c1-4-6-9(5-2)10-7-8(3)13-11(10)12/h8-10H,4-7H2,1-3H3. The lowest BCUT2D eigenvalue weighted by molar-refractivity contribution is -0.145. The van der Waals surface area contributed by atoms with Crippen LogP contribution in [-0.4, -0.2) is 12.1 Å².